The fraction of sp³-hybridized carbons (Fsp3) is 0.300. The van der Waals surface area contributed by atoms with E-state index >= 15 is 0 Å². The molecule has 0 radical (unpaired) electrons. The number of nitrogens with zero attached hydrogens (tertiary/aromatic N) is 3. The average molecular weight is 386 g/mol. The maximum Gasteiger partial charge on any atom is 0.184 e. The predicted octanol–water partition coefficient (Wildman–Crippen LogP) is 2.62. The van der Waals surface area contributed by atoms with Crippen LogP contribution in [0.4, 0.5) is 10.1 Å². The fourth-order valence-electron chi connectivity index (χ4n) is 3.21. The first-order chi connectivity index (χ1) is 13.0. The Balaban J connectivity index is 1.58. The Kier molecular flexibility index (Phi) is 6.36. The number of anilines is 1. The van der Waals surface area contributed by atoms with Gasteiger partial charge in [-0.3, -0.25) is 10.3 Å². The van der Waals surface area contributed by atoms with E-state index < -0.39 is 0 Å². The highest BCUT2D eigenvalue weighted by molar-refractivity contribution is 7.80. The molecule has 0 saturated carbocycles. The second kappa shape index (κ2) is 8.92. The van der Waals surface area contributed by atoms with Crippen LogP contribution in [0.1, 0.15) is 16.7 Å². The lowest BCUT2D eigenvalue weighted by molar-refractivity contribution is 0.249. The summed E-state index contributed by atoms with van der Waals surface area (Å²) in [4.78, 5) is 4.51. The Morgan fingerprint density at radius 2 is 1.96 bits per heavy atom. The summed E-state index contributed by atoms with van der Waals surface area (Å²) >= 11 is 4.67. The van der Waals surface area contributed by atoms with Gasteiger partial charge in [0.1, 0.15) is 5.82 Å². The Bertz CT molecular complexity index is 831. The molecular weight excluding hydrogens is 361 g/mol. The molecule has 1 fully saturated rings. The zero-order valence-corrected chi connectivity index (χ0v) is 16.2. The normalized spacial score (nSPS) is 15.3. The van der Waals surface area contributed by atoms with Gasteiger partial charge in [-0.05, 0) is 48.0 Å². The van der Waals surface area contributed by atoms with Crippen LogP contribution in [0.25, 0.3) is 0 Å². The SMILES string of the molecule is Cc1ccccc1CN1CCN(c2ccc(/C=N/NC(N)=S)cc2F)CC1. The van der Waals surface area contributed by atoms with Crippen LogP contribution in [0.3, 0.4) is 0 Å². The third kappa shape index (κ3) is 5.24. The van der Waals surface area contributed by atoms with Crippen LogP contribution in [-0.4, -0.2) is 42.4 Å². The van der Waals surface area contributed by atoms with E-state index in [1.54, 1.807) is 6.07 Å². The molecule has 1 aliphatic heterocycles. The van der Waals surface area contributed by atoms with Crippen molar-refractivity contribution in [2.45, 2.75) is 13.5 Å². The molecule has 2 aromatic rings. The van der Waals surface area contributed by atoms with E-state index in [1.165, 1.54) is 23.4 Å². The molecule has 0 spiro atoms. The molecule has 5 nitrogen and oxygen atoms in total. The molecule has 0 bridgehead atoms. The van der Waals surface area contributed by atoms with E-state index in [-0.39, 0.29) is 10.9 Å². The van der Waals surface area contributed by atoms with Gasteiger partial charge >= 0.3 is 0 Å². The maximum absolute atomic E-state index is 14.5. The molecule has 7 heteroatoms. The highest BCUT2D eigenvalue weighted by Crippen LogP contribution is 2.22. The number of halogens is 1. The molecule has 3 rings (SSSR count). The molecule has 0 aliphatic carbocycles. The second-order valence-corrected chi connectivity index (χ2v) is 7.07. The highest BCUT2D eigenvalue weighted by Gasteiger charge is 2.20. The predicted molar refractivity (Wildman–Crippen MR) is 113 cm³/mol. The van der Waals surface area contributed by atoms with E-state index in [0.29, 0.717) is 11.3 Å². The number of aryl methyl sites for hydroxylation is 1. The standard InChI is InChI=1S/C20H24FN5S/c1-15-4-2-3-5-17(15)14-25-8-10-26(11-9-25)19-7-6-16(12-18(19)21)13-23-24-20(22)27/h2-7,12-13H,8-11,14H2,1H3,(H3,22,24,27)/b23-13+. The smallest absolute Gasteiger partial charge is 0.184 e. The van der Waals surface area contributed by atoms with E-state index in [9.17, 15) is 4.39 Å². The van der Waals surface area contributed by atoms with Crippen LogP contribution in [0, 0.1) is 12.7 Å². The topological polar surface area (TPSA) is 56.9 Å². The highest BCUT2D eigenvalue weighted by atomic mass is 32.1. The van der Waals surface area contributed by atoms with Crippen molar-refractivity contribution in [3.8, 4) is 0 Å². The van der Waals surface area contributed by atoms with Crippen molar-refractivity contribution in [3.05, 3.63) is 65.0 Å². The van der Waals surface area contributed by atoms with Gasteiger partial charge in [0.05, 0.1) is 11.9 Å². The van der Waals surface area contributed by atoms with Crippen molar-refractivity contribution < 1.29 is 4.39 Å². The van der Waals surface area contributed by atoms with E-state index in [1.807, 2.05) is 6.07 Å². The van der Waals surface area contributed by atoms with Crippen LogP contribution in [0.2, 0.25) is 0 Å². The van der Waals surface area contributed by atoms with Crippen molar-refractivity contribution in [1.82, 2.24) is 10.3 Å². The van der Waals surface area contributed by atoms with Gasteiger partial charge in [0.25, 0.3) is 0 Å². The fourth-order valence-corrected chi connectivity index (χ4v) is 3.26. The zero-order chi connectivity index (χ0) is 19.2. The van der Waals surface area contributed by atoms with Crippen molar-refractivity contribution in [3.63, 3.8) is 0 Å². The lowest BCUT2D eigenvalue weighted by atomic mass is 10.1. The number of hydrogen-bond acceptors (Lipinski definition) is 4. The summed E-state index contributed by atoms with van der Waals surface area (Å²) in [5.41, 5.74) is 11.7. The monoisotopic (exact) mass is 385 g/mol. The summed E-state index contributed by atoms with van der Waals surface area (Å²) in [6.07, 6.45) is 1.49. The Labute approximate surface area is 164 Å². The number of hydrazone groups is 1. The van der Waals surface area contributed by atoms with Crippen molar-refractivity contribution in [2.75, 3.05) is 31.1 Å². The number of nitrogens with two attached hydrogens (primary N) is 1. The van der Waals surface area contributed by atoms with Crippen LogP contribution in [0.5, 0.6) is 0 Å². The number of thiocarbonyl (C=S) groups is 1. The molecule has 1 aliphatic rings. The summed E-state index contributed by atoms with van der Waals surface area (Å²) in [7, 11) is 0. The quantitative estimate of drug-likeness (QED) is 0.471. The Morgan fingerprint density at radius 1 is 1.22 bits per heavy atom. The molecule has 1 heterocycles. The summed E-state index contributed by atoms with van der Waals surface area (Å²) in [6, 6.07) is 13.6. The van der Waals surface area contributed by atoms with Gasteiger partial charge in [-0.25, -0.2) is 4.39 Å². The number of rotatable bonds is 5. The molecule has 0 amide bonds. The lowest BCUT2D eigenvalue weighted by Crippen LogP contribution is -2.46. The van der Waals surface area contributed by atoms with E-state index in [4.69, 9.17) is 5.73 Å². The van der Waals surface area contributed by atoms with Crippen LogP contribution >= 0.6 is 12.2 Å². The van der Waals surface area contributed by atoms with Gasteiger partial charge < -0.3 is 10.6 Å². The van der Waals surface area contributed by atoms with Crippen molar-refractivity contribution >= 4 is 29.2 Å². The summed E-state index contributed by atoms with van der Waals surface area (Å²) < 4.78 is 14.5. The third-order valence-electron chi connectivity index (χ3n) is 4.73. The Hall–Kier alpha value is -2.51. The van der Waals surface area contributed by atoms with Gasteiger partial charge in [0.15, 0.2) is 5.11 Å². The van der Waals surface area contributed by atoms with Crippen LogP contribution in [0.15, 0.2) is 47.6 Å². The first kappa shape index (κ1) is 19.3. The van der Waals surface area contributed by atoms with Gasteiger partial charge in [-0.15, -0.1) is 0 Å². The lowest BCUT2D eigenvalue weighted by Gasteiger charge is -2.36. The molecule has 142 valence electrons. The molecule has 0 atom stereocenters. The van der Waals surface area contributed by atoms with E-state index in [2.05, 4.69) is 63.7 Å². The largest absolute Gasteiger partial charge is 0.375 e. The van der Waals surface area contributed by atoms with Crippen molar-refractivity contribution in [2.24, 2.45) is 10.8 Å². The van der Waals surface area contributed by atoms with Crippen LogP contribution in [-0.2, 0) is 6.54 Å². The number of benzene rings is 2. The maximum atomic E-state index is 14.5. The molecule has 0 unspecified atom stereocenters. The first-order valence-corrected chi connectivity index (χ1v) is 9.33. The summed E-state index contributed by atoms with van der Waals surface area (Å²) in [5.74, 6) is -0.248. The van der Waals surface area contributed by atoms with Crippen molar-refractivity contribution in [1.29, 1.82) is 0 Å². The third-order valence-corrected chi connectivity index (χ3v) is 4.82. The minimum atomic E-state index is -0.248. The number of hydrogen-bond donors (Lipinski definition) is 2. The Morgan fingerprint density at radius 3 is 2.63 bits per heavy atom. The zero-order valence-electron chi connectivity index (χ0n) is 15.4. The molecule has 27 heavy (non-hydrogen) atoms. The van der Waals surface area contributed by atoms with Crippen LogP contribution < -0.4 is 16.1 Å². The minimum absolute atomic E-state index is 0.0758. The van der Waals surface area contributed by atoms with E-state index in [0.717, 1.165) is 32.7 Å². The molecule has 2 aromatic carbocycles. The molecule has 3 N–H and O–H groups in total. The first-order valence-electron chi connectivity index (χ1n) is 8.93. The number of nitrogens with one attached hydrogen (secondary N) is 1. The second-order valence-electron chi connectivity index (χ2n) is 6.63. The minimum Gasteiger partial charge on any atom is -0.375 e. The van der Waals surface area contributed by atoms with Gasteiger partial charge in [0.2, 0.25) is 0 Å². The van der Waals surface area contributed by atoms with Gasteiger partial charge in [-0.2, -0.15) is 5.10 Å². The van der Waals surface area contributed by atoms with Gasteiger partial charge in [-0.1, -0.05) is 30.3 Å². The average Bonchev–Trinajstić information content (AvgIpc) is 2.64. The van der Waals surface area contributed by atoms with Gasteiger partial charge in [0, 0.05) is 32.7 Å². The number of piperazine rings is 1. The molecule has 0 aromatic heterocycles. The molecule has 1 saturated heterocycles. The summed E-state index contributed by atoms with van der Waals surface area (Å²) in [5, 5.41) is 3.93. The molecular formula is C20H24FN5S. The summed E-state index contributed by atoms with van der Waals surface area (Å²) in [6.45, 7) is 6.51.